The molecule has 132 valence electrons. The lowest BCUT2D eigenvalue weighted by molar-refractivity contribution is -0.117. The number of nitrogens with one attached hydrogen (secondary N) is 2. The summed E-state index contributed by atoms with van der Waals surface area (Å²) in [4.78, 5) is 12.2. The number of aliphatic hydroxyl groups excluding tert-OH is 1. The zero-order chi connectivity index (χ0) is 16.9. The van der Waals surface area contributed by atoms with Crippen LogP contribution in [0, 0.1) is 0 Å². The maximum absolute atomic E-state index is 12.5. The van der Waals surface area contributed by atoms with Crippen molar-refractivity contribution in [2.24, 2.45) is 0 Å². The van der Waals surface area contributed by atoms with Gasteiger partial charge in [-0.1, -0.05) is 31.4 Å². The van der Waals surface area contributed by atoms with Gasteiger partial charge in [-0.25, -0.2) is 0 Å². The van der Waals surface area contributed by atoms with Crippen molar-refractivity contribution in [1.82, 2.24) is 5.32 Å². The second kappa shape index (κ2) is 8.23. The molecule has 3 rings (SSSR count). The van der Waals surface area contributed by atoms with E-state index in [-0.39, 0.29) is 11.9 Å². The summed E-state index contributed by atoms with van der Waals surface area (Å²) in [6.45, 7) is 0.457. The van der Waals surface area contributed by atoms with Crippen LogP contribution in [0.5, 0.6) is 0 Å². The number of hydrogen-bond donors (Lipinski definition) is 3. The van der Waals surface area contributed by atoms with E-state index in [0.29, 0.717) is 24.0 Å². The van der Waals surface area contributed by atoms with Crippen molar-refractivity contribution in [3.63, 3.8) is 0 Å². The van der Waals surface area contributed by atoms with Gasteiger partial charge in [-0.3, -0.25) is 9.00 Å². The molecule has 24 heavy (non-hydrogen) atoms. The van der Waals surface area contributed by atoms with Crippen LogP contribution in [-0.4, -0.2) is 39.2 Å². The summed E-state index contributed by atoms with van der Waals surface area (Å²) in [5, 5.41) is 15.7. The lowest BCUT2D eigenvalue weighted by Gasteiger charge is -2.21. The van der Waals surface area contributed by atoms with E-state index < -0.39 is 16.9 Å². The molecular formula is C18H26N2O3S. The Morgan fingerprint density at radius 3 is 2.79 bits per heavy atom. The Balaban J connectivity index is 1.57. The van der Waals surface area contributed by atoms with E-state index >= 15 is 0 Å². The molecule has 2 aliphatic rings. The van der Waals surface area contributed by atoms with Crippen LogP contribution in [0.25, 0.3) is 0 Å². The van der Waals surface area contributed by atoms with Gasteiger partial charge in [0.25, 0.3) is 0 Å². The summed E-state index contributed by atoms with van der Waals surface area (Å²) in [6.07, 6.45) is 5.76. The Labute approximate surface area is 145 Å². The van der Waals surface area contributed by atoms with E-state index in [1.807, 2.05) is 24.3 Å². The number of amides is 1. The van der Waals surface area contributed by atoms with Crippen LogP contribution >= 0.6 is 0 Å². The first-order chi connectivity index (χ1) is 11.6. The Morgan fingerprint density at radius 2 is 2.08 bits per heavy atom. The van der Waals surface area contributed by atoms with Gasteiger partial charge in [0.15, 0.2) is 0 Å². The van der Waals surface area contributed by atoms with Crippen molar-refractivity contribution in [3.05, 3.63) is 29.8 Å². The zero-order valence-corrected chi connectivity index (χ0v) is 14.7. The molecule has 0 bridgehead atoms. The first kappa shape index (κ1) is 17.6. The number of benzene rings is 1. The second-order valence-electron chi connectivity index (χ2n) is 6.83. The Bertz CT molecular complexity index is 568. The minimum absolute atomic E-state index is 0.128. The van der Waals surface area contributed by atoms with E-state index in [0.717, 1.165) is 24.1 Å². The van der Waals surface area contributed by atoms with Gasteiger partial charge in [0.1, 0.15) is 0 Å². The third-order valence-corrected chi connectivity index (χ3v) is 6.68. The molecule has 3 atom stereocenters. The molecule has 1 aromatic rings. The summed E-state index contributed by atoms with van der Waals surface area (Å²) in [5.74, 6) is 0.423. The predicted octanol–water partition coefficient (Wildman–Crippen LogP) is 1.93. The zero-order valence-electron chi connectivity index (χ0n) is 13.9. The first-order valence-corrected chi connectivity index (χ1v) is 10.2. The number of carbonyl (C=O) groups is 1. The van der Waals surface area contributed by atoms with Gasteiger partial charge in [0.2, 0.25) is 5.91 Å². The fourth-order valence-corrected chi connectivity index (χ4v) is 5.10. The van der Waals surface area contributed by atoms with Crippen LogP contribution in [0.1, 0.15) is 44.1 Å². The summed E-state index contributed by atoms with van der Waals surface area (Å²) in [6, 6.07) is 7.26. The van der Waals surface area contributed by atoms with Gasteiger partial charge >= 0.3 is 0 Å². The molecule has 5 nitrogen and oxygen atoms in total. The summed E-state index contributed by atoms with van der Waals surface area (Å²) in [7, 11) is -0.843. The van der Waals surface area contributed by atoms with Crippen molar-refractivity contribution < 1.29 is 14.1 Å². The summed E-state index contributed by atoms with van der Waals surface area (Å²) < 4.78 is 12.5. The highest BCUT2D eigenvalue weighted by Crippen LogP contribution is 2.24. The lowest BCUT2D eigenvalue weighted by Crippen LogP contribution is -2.35. The van der Waals surface area contributed by atoms with Crippen LogP contribution in [0.15, 0.2) is 24.3 Å². The van der Waals surface area contributed by atoms with Gasteiger partial charge in [-0.15, -0.1) is 0 Å². The van der Waals surface area contributed by atoms with Crippen molar-refractivity contribution in [1.29, 1.82) is 0 Å². The van der Waals surface area contributed by atoms with E-state index in [4.69, 9.17) is 0 Å². The minimum Gasteiger partial charge on any atom is -0.392 e. The van der Waals surface area contributed by atoms with Crippen LogP contribution < -0.4 is 10.6 Å². The number of hydrogen-bond acceptors (Lipinski definition) is 4. The van der Waals surface area contributed by atoms with E-state index in [9.17, 15) is 14.1 Å². The van der Waals surface area contributed by atoms with Crippen molar-refractivity contribution in [2.75, 3.05) is 11.9 Å². The molecule has 1 aliphatic carbocycles. The van der Waals surface area contributed by atoms with Crippen LogP contribution in [0.2, 0.25) is 0 Å². The van der Waals surface area contributed by atoms with Gasteiger partial charge < -0.3 is 15.7 Å². The van der Waals surface area contributed by atoms with Gasteiger partial charge in [0, 0.05) is 34.0 Å². The Morgan fingerprint density at radius 1 is 1.29 bits per heavy atom. The number of carbonyl (C=O) groups excluding carboxylic acids is 1. The quantitative estimate of drug-likeness (QED) is 0.758. The molecule has 1 amide bonds. The average Bonchev–Trinajstić information content (AvgIpc) is 3.02. The number of anilines is 1. The van der Waals surface area contributed by atoms with Crippen molar-refractivity contribution in [3.8, 4) is 0 Å². The predicted molar refractivity (Wildman–Crippen MR) is 96.2 cm³/mol. The molecule has 3 N–H and O–H groups in total. The first-order valence-electron chi connectivity index (χ1n) is 8.80. The molecule has 3 unspecified atom stereocenters. The maximum atomic E-state index is 12.5. The maximum Gasteiger partial charge on any atom is 0.241 e. The summed E-state index contributed by atoms with van der Waals surface area (Å²) >= 11 is 0. The summed E-state index contributed by atoms with van der Waals surface area (Å²) in [5.41, 5.74) is 1.72. The molecule has 1 saturated heterocycles. The lowest BCUT2D eigenvalue weighted by atomic mass is 10.0. The standard InChI is InChI=1S/C18H26N2O3S/c21-15-10-17(19-11-15)18(22)20-14-6-4-5-13(9-14)12-24(23)16-7-2-1-3-8-16/h4-6,9,15-17,19,21H,1-3,7-8,10-12H2,(H,20,22). The third kappa shape index (κ3) is 4.65. The van der Waals surface area contributed by atoms with Gasteiger partial charge in [0.05, 0.1) is 12.1 Å². The number of rotatable bonds is 5. The van der Waals surface area contributed by atoms with Crippen LogP contribution in [0.4, 0.5) is 5.69 Å². The van der Waals surface area contributed by atoms with Crippen molar-refractivity contribution >= 4 is 22.4 Å². The molecule has 2 fully saturated rings. The van der Waals surface area contributed by atoms with E-state index in [1.165, 1.54) is 19.3 Å². The smallest absolute Gasteiger partial charge is 0.241 e. The van der Waals surface area contributed by atoms with Gasteiger partial charge in [-0.05, 0) is 37.0 Å². The molecular weight excluding hydrogens is 324 g/mol. The Kier molecular flexibility index (Phi) is 6.03. The third-order valence-electron chi connectivity index (χ3n) is 4.85. The van der Waals surface area contributed by atoms with E-state index in [1.54, 1.807) is 0 Å². The normalized spacial score (nSPS) is 26.2. The van der Waals surface area contributed by atoms with Gasteiger partial charge in [-0.2, -0.15) is 0 Å². The monoisotopic (exact) mass is 350 g/mol. The molecule has 1 heterocycles. The van der Waals surface area contributed by atoms with Crippen LogP contribution in [-0.2, 0) is 21.3 Å². The van der Waals surface area contributed by atoms with Crippen LogP contribution in [0.3, 0.4) is 0 Å². The molecule has 1 aliphatic heterocycles. The number of β-amino-alcohol motifs (C(OH)–C–C–N with tert-alkyl or cyclic N) is 1. The molecule has 1 saturated carbocycles. The average molecular weight is 350 g/mol. The molecule has 0 spiro atoms. The largest absolute Gasteiger partial charge is 0.392 e. The molecule has 6 heteroatoms. The highest BCUT2D eigenvalue weighted by atomic mass is 32.2. The van der Waals surface area contributed by atoms with E-state index in [2.05, 4.69) is 10.6 Å². The Hall–Kier alpha value is -1.24. The highest BCUT2D eigenvalue weighted by Gasteiger charge is 2.28. The molecule has 0 radical (unpaired) electrons. The van der Waals surface area contributed by atoms with Crippen molar-refractivity contribution in [2.45, 2.75) is 61.7 Å². The fourth-order valence-electron chi connectivity index (χ4n) is 3.50. The second-order valence-corrected chi connectivity index (χ2v) is 8.54. The molecule has 1 aromatic carbocycles. The minimum atomic E-state index is -0.843. The topological polar surface area (TPSA) is 78.4 Å². The SMILES string of the molecule is O=C(Nc1cccc(CS(=O)C2CCCCC2)c1)C1CC(O)CN1. The number of aliphatic hydroxyl groups is 1. The fraction of sp³-hybridized carbons (Fsp3) is 0.611. The molecule has 0 aromatic heterocycles. The highest BCUT2D eigenvalue weighted by molar-refractivity contribution is 7.84.